The van der Waals surface area contributed by atoms with Crippen molar-refractivity contribution < 1.29 is 26.0 Å². The van der Waals surface area contributed by atoms with Crippen molar-refractivity contribution in [1.29, 1.82) is 0 Å². The third-order valence-electron chi connectivity index (χ3n) is 6.11. The van der Waals surface area contributed by atoms with Gasteiger partial charge in [-0.25, -0.2) is 25.5 Å². The smallest absolute Gasteiger partial charge is 0.261 e. The predicted molar refractivity (Wildman–Crippen MR) is 146 cm³/mol. The van der Waals surface area contributed by atoms with Gasteiger partial charge in [-0.1, -0.05) is 41.4 Å². The van der Waals surface area contributed by atoms with Crippen LogP contribution < -0.4 is 10.0 Å². The molecule has 1 amide bonds. The second-order valence-electron chi connectivity index (χ2n) is 8.78. The molecular weight excluding hydrogens is 576 g/mol. The zero-order chi connectivity index (χ0) is 27.5. The first-order valence-electron chi connectivity index (χ1n) is 11.5. The first kappa shape index (κ1) is 28.3. The van der Waals surface area contributed by atoms with Gasteiger partial charge >= 0.3 is 0 Å². The van der Waals surface area contributed by atoms with Crippen LogP contribution in [0.4, 0.5) is 15.8 Å². The Morgan fingerprint density at radius 3 is 2.18 bits per heavy atom. The van der Waals surface area contributed by atoms with Crippen LogP contribution in [0.1, 0.15) is 18.4 Å². The lowest BCUT2D eigenvalue weighted by atomic mass is 9.97. The number of anilines is 2. The molecule has 38 heavy (non-hydrogen) atoms. The average Bonchev–Trinajstić information content (AvgIpc) is 2.88. The SMILES string of the molecule is O=C(Nc1ccc(S(=O)(=O)Nc2cccc(Cl)c2Cl)cc1)C1CCN(S(=O)(=O)Cc2ccc(F)cc2)CC1. The summed E-state index contributed by atoms with van der Waals surface area (Å²) in [6, 6.07) is 15.5. The number of sulfonamides is 2. The second kappa shape index (κ2) is 11.6. The number of nitrogens with zero attached hydrogens (tertiary/aromatic N) is 1. The summed E-state index contributed by atoms with van der Waals surface area (Å²) in [7, 11) is -7.55. The van der Waals surface area contributed by atoms with Gasteiger partial charge in [0.2, 0.25) is 15.9 Å². The maximum atomic E-state index is 13.1. The number of hydrogen-bond acceptors (Lipinski definition) is 5. The van der Waals surface area contributed by atoms with E-state index in [0.29, 0.717) is 24.1 Å². The van der Waals surface area contributed by atoms with E-state index in [4.69, 9.17) is 23.2 Å². The van der Waals surface area contributed by atoms with Crippen LogP contribution in [-0.2, 0) is 30.6 Å². The Morgan fingerprint density at radius 1 is 0.921 bits per heavy atom. The van der Waals surface area contributed by atoms with Gasteiger partial charge in [-0.15, -0.1) is 0 Å². The zero-order valence-electron chi connectivity index (χ0n) is 19.9. The Bertz CT molecular complexity index is 1530. The molecule has 3 aromatic carbocycles. The summed E-state index contributed by atoms with van der Waals surface area (Å²) in [5.74, 6) is -1.35. The largest absolute Gasteiger partial charge is 0.326 e. The summed E-state index contributed by atoms with van der Waals surface area (Å²) < 4.78 is 67.7. The van der Waals surface area contributed by atoms with Gasteiger partial charge in [-0.2, -0.15) is 0 Å². The minimum Gasteiger partial charge on any atom is -0.326 e. The molecule has 1 heterocycles. The minimum absolute atomic E-state index is 0.0359. The van der Waals surface area contributed by atoms with Crippen LogP contribution in [0.15, 0.2) is 71.6 Å². The Morgan fingerprint density at radius 2 is 1.55 bits per heavy atom. The van der Waals surface area contributed by atoms with Crippen LogP contribution in [0, 0.1) is 11.7 Å². The molecule has 202 valence electrons. The fraction of sp³-hybridized carbons (Fsp3) is 0.240. The molecule has 0 aliphatic carbocycles. The van der Waals surface area contributed by atoms with Gasteiger partial charge in [0, 0.05) is 24.7 Å². The third kappa shape index (κ3) is 6.83. The van der Waals surface area contributed by atoms with E-state index in [0.717, 1.165) is 0 Å². The topological polar surface area (TPSA) is 113 Å². The van der Waals surface area contributed by atoms with E-state index in [-0.39, 0.29) is 45.4 Å². The lowest BCUT2D eigenvalue weighted by Crippen LogP contribution is -2.41. The van der Waals surface area contributed by atoms with Gasteiger partial charge < -0.3 is 5.32 Å². The average molecular weight is 601 g/mol. The molecule has 2 N–H and O–H groups in total. The molecule has 0 unspecified atom stereocenters. The summed E-state index contributed by atoms with van der Waals surface area (Å²) in [5, 5.41) is 3.05. The molecule has 1 saturated heterocycles. The van der Waals surface area contributed by atoms with Crippen LogP contribution in [0.3, 0.4) is 0 Å². The third-order valence-corrected chi connectivity index (χ3v) is 10.2. The van der Waals surface area contributed by atoms with E-state index in [9.17, 15) is 26.0 Å². The molecule has 8 nitrogen and oxygen atoms in total. The van der Waals surface area contributed by atoms with E-state index in [2.05, 4.69) is 10.0 Å². The van der Waals surface area contributed by atoms with Crippen molar-refractivity contribution in [1.82, 2.24) is 4.31 Å². The van der Waals surface area contributed by atoms with Crippen LogP contribution >= 0.6 is 23.2 Å². The lowest BCUT2D eigenvalue weighted by molar-refractivity contribution is -0.120. The maximum Gasteiger partial charge on any atom is 0.261 e. The van der Waals surface area contributed by atoms with E-state index < -0.39 is 31.8 Å². The van der Waals surface area contributed by atoms with Crippen LogP contribution in [-0.4, -0.2) is 40.1 Å². The van der Waals surface area contributed by atoms with Gasteiger partial charge in [0.15, 0.2) is 0 Å². The number of amides is 1. The Kier molecular flexibility index (Phi) is 8.63. The summed E-state index contributed by atoms with van der Waals surface area (Å²) >= 11 is 12.0. The number of carbonyl (C=O) groups excluding carboxylic acids is 1. The number of carbonyl (C=O) groups is 1. The van der Waals surface area contributed by atoms with Crippen molar-refractivity contribution in [2.75, 3.05) is 23.1 Å². The quantitative estimate of drug-likeness (QED) is 0.373. The lowest BCUT2D eigenvalue weighted by Gasteiger charge is -2.30. The van der Waals surface area contributed by atoms with Gasteiger partial charge in [0.1, 0.15) is 5.82 Å². The first-order chi connectivity index (χ1) is 17.9. The highest BCUT2D eigenvalue weighted by Gasteiger charge is 2.31. The normalized spacial score (nSPS) is 15.2. The van der Waals surface area contributed by atoms with E-state index in [1.54, 1.807) is 6.07 Å². The highest BCUT2D eigenvalue weighted by molar-refractivity contribution is 7.92. The van der Waals surface area contributed by atoms with Crippen molar-refractivity contribution in [3.63, 3.8) is 0 Å². The van der Waals surface area contributed by atoms with Crippen LogP contribution in [0.2, 0.25) is 10.0 Å². The molecule has 0 atom stereocenters. The number of rotatable bonds is 8. The van der Waals surface area contributed by atoms with Crippen molar-refractivity contribution in [2.24, 2.45) is 5.92 Å². The number of halogens is 3. The Labute approximate surface area is 230 Å². The fourth-order valence-electron chi connectivity index (χ4n) is 4.03. The highest BCUT2D eigenvalue weighted by Crippen LogP contribution is 2.31. The highest BCUT2D eigenvalue weighted by atomic mass is 35.5. The molecule has 0 bridgehead atoms. The van der Waals surface area contributed by atoms with Crippen molar-refractivity contribution in [3.8, 4) is 0 Å². The summed E-state index contributed by atoms with van der Waals surface area (Å²) in [4.78, 5) is 12.7. The molecule has 1 aliphatic heterocycles. The van der Waals surface area contributed by atoms with E-state index in [1.807, 2.05) is 0 Å². The zero-order valence-corrected chi connectivity index (χ0v) is 23.0. The van der Waals surface area contributed by atoms with Crippen molar-refractivity contribution in [2.45, 2.75) is 23.5 Å². The van der Waals surface area contributed by atoms with Gasteiger partial charge in [-0.3, -0.25) is 9.52 Å². The Balaban J connectivity index is 1.32. The van der Waals surface area contributed by atoms with Crippen molar-refractivity contribution >= 4 is 60.5 Å². The van der Waals surface area contributed by atoms with Crippen molar-refractivity contribution in [3.05, 3.63) is 88.2 Å². The van der Waals surface area contributed by atoms with Crippen LogP contribution in [0.25, 0.3) is 0 Å². The van der Waals surface area contributed by atoms with Crippen LogP contribution in [0.5, 0.6) is 0 Å². The van der Waals surface area contributed by atoms with Gasteiger partial charge in [-0.05, 0) is 66.9 Å². The number of piperidine rings is 1. The molecule has 1 aliphatic rings. The molecule has 4 rings (SSSR count). The standard InChI is InChI=1S/C25H24Cl2FN3O5S2/c26-22-2-1-3-23(24(22)27)30-38(35,36)21-10-8-20(9-11-21)29-25(32)18-12-14-31(15-13-18)37(33,34)16-17-4-6-19(28)7-5-17/h1-11,18,30H,12-16H2,(H,29,32). The molecule has 0 radical (unpaired) electrons. The molecule has 0 saturated carbocycles. The molecule has 0 spiro atoms. The molecular formula is C25H24Cl2FN3O5S2. The van der Waals surface area contributed by atoms with Gasteiger partial charge in [0.25, 0.3) is 10.0 Å². The summed E-state index contributed by atoms with van der Waals surface area (Å²) in [6.07, 6.45) is 0.677. The molecule has 13 heteroatoms. The van der Waals surface area contributed by atoms with E-state index >= 15 is 0 Å². The molecule has 1 fully saturated rings. The number of benzene rings is 3. The Hall–Kier alpha value is -2.70. The number of nitrogens with one attached hydrogen (secondary N) is 2. The maximum absolute atomic E-state index is 13.1. The molecule has 3 aromatic rings. The summed E-state index contributed by atoms with van der Waals surface area (Å²) in [6.45, 7) is 0.382. The monoisotopic (exact) mass is 599 g/mol. The van der Waals surface area contributed by atoms with Gasteiger partial charge in [0.05, 0.1) is 26.4 Å². The first-order valence-corrected chi connectivity index (χ1v) is 15.4. The molecule has 0 aromatic heterocycles. The summed E-state index contributed by atoms with van der Waals surface area (Å²) in [5.41, 5.74) is 1.03. The predicted octanol–water partition coefficient (Wildman–Crippen LogP) is 5.11. The minimum atomic E-state index is -3.95. The number of hydrogen-bond donors (Lipinski definition) is 2. The fourth-order valence-corrected chi connectivity index (χ4v) is 7.07. The van der Waals surface area contributed by atoms with E-state index in [1.165, 1.54) is 65.0 Å². The second-order valence-corrected chi connectivity index (χ2v) is 13.2.